The Bertz CT molecular complexity index is 524. The maximum absolute atomic E-state index is 9.39. The van der Waals surface area contributed by atoms with Crippen LogP contribution in [0.4, 0.5) is 5.69 Å². The van der Waals surface area contributed by atoms with Crippen LogP contribution < -0.4 is 4.90 Å². The fourth-order valence-corrected chi connectivity index (χ4v) is 2.09. The summed E-state index contributed by atoms with van der Waals surface area (Å²) in [6.45, 7) is 1.99. The molecule has 1 unspecified atom stereocenters. The lowest BCUT2D eigenvalue weighted by molar-refractivity contribution is 0.820. The quantitative estimate of drug-likeness (QED) is 0.540. The zero-order valence-electron chi connectivity index (χ0n) is 11.8. The minimum Gasteiger partial charge on any atom is -0.336 e. The van der Waals surface area contributed by atoms with Crippen molar-refractivity contribution in [2.75, 3.05) is 11.9 Å². The highest BCUT2D eigenvalue weighted by Crippen LogP contribution is 2.19. The first kappa shape index (κ1) is 16.3. The molecule has 0 bridgehead atoms. The SMILES string of the molecule is C/C=C/C(/C=C(\C#N)N(C)c1ccccc1)C/C=C/Br. The van der Waals surface area contributed by atoms with Crippen LogP contribution in [0.2, 0.25) is 0 Å². The molecule has 0 saturated heterocycles. The monoisotopic (exact) mass is 330 g/mol. The number of para-hydroxylation sites is 1. The summed E-state index contributed by atoms with van der Waals surface area (Å²) < 4.78 is 0. The molecule has 0 N–H and O–H groups in total. The van der Waals surface area contributed by atoms with E-state index in [9.17, 15) is 5.26 Å². The predicted octanol–water partition coefficient (Wildman–Crippen LogP) is 5.02. The zero-order valence-corrected chi connectivity index (χ0v) is 13.4. The van der Waals surface area contributed by atoms with Crippen LogP contribution >= 0.6 is 15.9 Å². The highest BCUT2D eigenvalue weighted by Gasteiger charge is 2.08. The van der Waals surface area contributed by atoms with Crippen LogP contribution in [0.3, 0.4) is 0 Å². The largest absolute Gasteiger partial charge is 0.336 e. The van der Waals surface area contributed by atoms with E-state index < -0.39 is 0 Å². The van der Waals surface area contributed by atoms with Crippen LogP contribution in [0.1, 0.15) is 13.3 Å². The normalized spacial score (nSPS) is 13.6. The molecule has 0 aromatic heterocycles. The molecule has 1 aromatic carbocycles. The number of allylic oxidation sites excluding steroid dienone is 5. The van der Waals surface area contributed by atoms with E-state index in [2.05, 4.69) is 28.1 Å². The summed E-state index contributed by atoms with van der Waals surface area (Å²) in [7, 11) is 1.91. The lowest BCUT2D eigenvalue weighted by atomic mass is 10.0. The van der Waals surface area contributed by atoms with Crippen molar-refractivity contribution in [3.05, 3.63) is 65.3 Å². The van der Waals surface area contributed by atoms with Crippen molar-refractivity contribution in [3.8, 4) is 6.07 Å². The highest BCUT2D eigenvalue weighted by molar-refractivity contribution is 9.11. The van der Waals surface area contributed by atoms with E-state index in [-0.39, 0.29) is 5.92 Å². The fraction of sp³-hybridized carbons (Fsp3) is 0.235. The minimum atomic E-state index is 0.217. The molecule has 1 aromatic rings. The average molecular weight is 331 g/mol. The fourth-order valence-electron chi connectivity index (χ4n) is 1.88. The van der Waals surface area contributed by atoms with E-state index in [1.54, 1.807) is 0 Å². The molecule has 20 heavy (non-hydrogen) atoms. The summed E-state index contributed by atoms with van der Waals surface area (Å²) in [6.07, 6.45) is 9.02. The second-order valence-electron chi connectivity index (χ2n) is 4.35. The Hall–Kier alpha value is -1.79. The zero-order chi connectivity index (χ0) is 14.8. The number of anilines is 1. The third kappa shape index (κ3) is 5.07. The van der Waals surface area contributed by atoms with Gasteiger partial charge in [0.2, 0.25) is 0 Å². The van der Waals surface area contributed by atoms with Gasteiger partial charge in [-0.25, -0.2) is 0 Å². The summed E-state index contributed by atoms with van der Waals surface area (Å²) in [5.74, 6) is 0.217. The van der Waals surface area contributed by atoms with Crippen molar-refractivity contribution in [3.63, 3.8) is 0 Å². The van der Waals surface area contributed by atoms with Gasteiger partial charge in [-0.05, 0) is 36.5 Å². The molecule has 0 fully saturated rings. The lowest BCUT2D eigenvalue weighted by Gasteiger charge is -2.19. The third-order valence-electron chi connectivity index (χ3n) is 2.93. The molecule has 0 aliphatic heterocycles. The molecular formula is C17H19BrN2. The molecule has 0 aliphatic carbocycles. The Balaban J connectivity index is 2.98. The number of halogens is 1. The maximum Gasteiger partial charge on any atom is 0.117 e. The van der Waals surface area contributed by atoms with Gasteiger partial charge in [-0.15, -0.1) is 0 Å². The Morgan fingerprint density at radius 1 is 1.40 bits per heavy atom. The number of benzene rings is 1. The summed E-state index contributed by atoms with van der Waals surface area (Å²) in [6, 6.07) is 12.2. The Morgan fingerprint density at radius 3 is 2.65 bits per heavy atom. The van der Waals surface area contributed by atoms with Crippen molar-refractivity contribution < 1.29 is 0 Å². The van der Waals surface area contributed by atoms with Crippen LogP contribution in [-0.2, 0) is 0 Å². The predicted molar refractivity (Wildman–Crippen MR) is 89.5 cm³/mol. The average Bonchev–Trinajstić information content (AvgIpc) is 2.50. The molecule has 1 rings (SSSR count). The van der Waals surface area contributed by atoms with Crippen molar-refractivity contribution >= 4 is 21.6 Å². The van der Waals surface area contributed by atoms with Crippen molar-refractivity contribution in [2.24, 2.45) is 5.92 Å². The van der Waals surface area contributed by atoms with Gasteiger partial charge in [0.05, 0.1) is 0 Å². The van der Waals surface area contributed by atoms with Gasteiger partial charge < -0.3 is 4.90 Å². The summed E-state index contributed by atoms with van der Waals surface area (Å²) >= 11 is 3.28. The van der Waals surface area contributed by atoms with Crippen molar-refractivity contribution in [1.29, 1.82) is 5.26 Å². The van der Waals surface area contributed by atoms with Crippen molar-refractivity contribution in [2.45, 2.75) is 13.3 Å². The van der Waals surface area contributed by atoms with Gasteiger partial charge in [0, 0.05) is 18.7 Å². The van der Waals surface area contributed by atoms with E-state index in [0.29, 0.717) is 5.70 Å². The van der Waals surface area contributed by atoms with E-state index in [0.717, 1.165) is 12.1 Å². The molecule has 0 amide bonds. The van der Waals surface area contributed by atoms with E-state index in [4.69, 9.17) is 0 Å². The molecule has 104 valence electrons. The molecule has 2 nitrogen and oxygen atoms in total. The summed E-state index contributed by atoms with van der Waals surface area (Å²) in [4.78, 5) is 3.76. The van der Waals surface area contributed by atoms with E-state index >= 15 is 0 Å². The van der Waals surface area contributed by atoms with Gasteiger partial charge in [0.25, 0.3) is 0 Å². The van der Waals surface area contributed by atoms with Gasteiger partial charge in [-0.1, -0.05) is 52.4 Å². The van der Waals surface area contributed by atoms with Gasteiger partial charge in [-0.2, -0.15) is 5.26 Å². The van der Waals surface area contributed by atoms with E-state index in [1.807, 2.05) is 72.4 Å². The van der Waals surface area contributed by atoms with Crippen LogP contribution in [0.25, 0.3) is 0 Å². The smallest absolute Gasteiger partial charge is 0.117 e. The van der Waals surface area contributed by atoms with Crippen LogP contribution in [0.5, 0.6) is 0 Å². The standard InChI is InChI=1S/C17H19BrN2/c1-3-8-15(9-7-12-18)13-17(14-19)20(2)16-10-5-4-6-11-16/h3-8,10-13,15H,9H2,1-2H3/b8-3+,12-7+,17-13+. The number of hydrogen-bond donors (Lipinski definition) is 0. The second-order valence-corrected chi connectivity index (χ2v) is 4.87. The van der Waals surface area contributed by atoms with Crippen LogP contribution in [0.15, 0.2) is 65.3 Å². The maximum atomic E-state index is 9.39. The van der Waals surface area contributed by atoms with Crippen LogP contribution in [-0.4, -0.2) is 7.05 Å². The van der Waals surface area contributed by atoms with Gasteiger partial charge >= 0.3 is 0 Å². The molecular weight excluding hydrogens is 312 g/mol. The topological polar surface area (TPSA) is 27.0 Å². The first-order valence-electron chi connectivity index (χ1n) is 6.51. The molecule has 1 atom stereocenters. The molecule has 0 radical (unpaired) electrons. The summed E-state index contributed by atoms with van der Waals surface area (Å²) in [5, 5.41) is 9.39. The number of nitriles is 1. The first-order chi connectivity index (χ1) is 9.72. The Labute approximate surface area is 129 Å². The Kier molecular flexibility index (Phi) is 7.46. The molecule has 0 heterocycles. The van der Waals surface area contributed by atoms with Gasteiger partial charge in [0.1, 0.15) is 11.8 Å². The molecule has 0 spiro atoms. The van der Waals surface area contributed by atoms with E-state index in [1.165, 1.54) is 0 Å². The third-order valence-corrected chi connectivity index (χ3v) is 3.30. The van der Waals surface area contributed by atoms with Crippen LogP contribution in [0, 0.1) is 17.2 Å². The number of nitrogens with zero attached hydrogens (tertiary/aromatic N) is 2. The molecule has 3 heteroatoms. The first-order valence-corrected chi connectivity index (χ1v) is 7.43. The van der Waals surface area contributed by atoms with Crippen molar-refractivity contribution in [1.82, 2.24) is 0 Å². The highest BCUT2D eigenvalue weighted by atomic mass is 79.9. The lowest BCUT2D eigenvalue weighted by Crippen LogP contribution is -2.16. The summed E-state index contributed by atoms with van der Waals surface area (Å²) in [5.41, 5.74) is 1.66. The Morgan fingerprint density at radius 2 is 2.10 bits per heavy atom. The number of rotatable bonds is 6. The molecule has 0 saturated carbocycles. The van der Waals surface area contributed by atoms with Gasteiger partial charge in [0.15, 0.2) is 0 Å². The molecule has 0 aliphatic rings. The van der Waals surface area contributed by atoms with Gasteiger partial charge in [-0.3, -0.25) is 0 Å². The second kappa shape index (κ2) is 9.17. The number of hydrogen-bond acceptors (Lipinski definition) is 2. The minimum absolute atomic E-state index is 0.217.